The smallest absolute Gasteiger partial charge is 0.264 e. The molecule has 2 amide bonds. The van der Waals surface area contributed by atoms with Crippen LogP contribution < -0.4 is 9.62 Å². The van der Waals surface area contributed by atoms with Crippen molar-refractivity contribution in [1.29, 1.82) is 0 Å². The SMILES string of the molecule is CC[C@@H](C(=O)NCC(C)C)N(Cc1ccc(Cl)c(Cl)c1)C(=O)CN(c1cc(C)cc(C)c1)S(=O)(=O)c1ccc(C)cc1. The molecular weight excluding hydrogens is 593 g/mol. The van der Waals surface area contributed by atoms with Crippen molar-refractivity contribution in [2.24, 2.45) is 5.92 Å². The van der Waals surface area contributed by atoms with Crippen LogP contribution in [0.4, 0.5) is 5.69 Å². The zero-order chi connectivity index (χ0) is 31.2. The van der Waals surface area contributed by atoms with Crippen molar-refractivity contribution in [3.05, 3.63) is 93.0 Å². The van der Waals surface area contributed by atoms with Gasteiger partial charge in [0.05, 0.1) is 20.6 Å². The number of rotatable bonds is 12. The largest absolute Gasteiger partial charge is 0.354 e. The van der Waals surface area contributed by atoms with Crippen LogP contribution in [-0.2, 0) is 26.2 Å². The molecule has 0 saturated heterocycles. The van der Waals surface area contributed by atoms with Gasteiger partial charge in [-0.3, -0.25) is 13.9 Å². The van der Waals surface area contributed by atoms with E-state index in [1.165, 1.54) is 17.0 Å². The minimum atomic E-state index is -4.15. The number of nitrogens with zero attached hydrogens (tertiary/aromatic N) is 2. The first-order chi connectivity index (χ1) is 19.7. The topological polar surface area (TPSA) is 86.8 Å². The summed E-state index contributed by atoms with van der Waals surface area (Å²) >= 11 is 12.4. The van der Waals surface area contributed by atoms with E-state index < -0.39 is 28.5 Å². The molecule has 42 heavy (non-hydrogen) atoms. The highest BCUT2D eigenvalue weighted by Gasteiger charge is 2.34. The standard InChI is InChI=1S/C32H39Cl2N3O4S/c1-7-30(32(39)35-18-21(2)3)36(19-25-10-13-28(33)29(34)17-25)31(38)20-37(26-15-23(5)14-24(6)16-26)42(40,41)27-11-8-22(4)9-12-27/h8-17,21,30H,7,18-20H2,1-6H3,(H,35,39)/t30-/m0/s1. The second-order valence-corrected chi connectivity index (χ2v) is 13.7. The summed E-state index contributed by atoms with van der Waals surface area (Å²) in [5.74, 6) is -0.619. The summed E-state index contributed by atoms with van der Waals surface area (Å²) < 4.78 is 29.2. The number of amides is 2. The lowest BCUT2D eigenvalue weighted by molar-refractivity contribution is -0.140. The van der Waals surface area contributed by atoms with E-state index in [4.69, 9.17) is 23.2 Å². The van der Waals surface area contributed by atoms with Gasteiger partial charge in [0.15, 0.2) is 0 Å². The minimum absolute atomic E-state index is 0.0363. The van der Waals surface area contributed by atoms with Crippen LogP contribution in [-0.4, -0.2) is 44.3 Å². The van der Waals surface area contributed by atoms with Crippen molar-refractivity contribution in [3.8, 4) is 0 Å². The molecule has 0 bridgehead atoms. The Balaban J connectivity index is 2.09. The number of halogens is 2. The summed E-state index contributed by atoms with van der Waals surface area (Å²) in [6.45, 7) is 11.4. The number of carbonyl (C=O) groups excluding carboxylic acids is 2. The molecule has 0 aliphatic heterocycles. The van der Waals surface area contributed by atoms with Gasteiger partial charge in [-0.05, 0) is 86.2 Å². The van der Waals surface area contributed by atoms with Crippen LogP contribution >= 0.6 is 23.2 Å². The lowest BCUT2D eigenvalue weighted by Gasteiger charge is -2.33. The molecule has 1 atom stereocenters. The van der Waals surface area contributed by atoms with E-state index in [0.717, 1.165) is 21.0 Å². The second kappa shape index (κ2) is 14.4. The molecule has 1 N–H and O–H groups in total. The van der Waals surface area contributed by atoms with Crippen LogP contribution in [0, 0.1) is 26.7 Å². The minimum Gasteiger partial charge on any atom is -0.354 e. The summed E-state index contributed by atoms with van der Waals surface area (Å²) in [6, 6.07) is 16.1. The fourth-order valence-electron chi connectivity index (χ4n) is 4.64. The van der Waals surface area contributed by atoms with E-state index in [9.17, 15) is 18.0 Å². The number of hydrogen-bond donors (Lipinski definition) is 1. The van der Waals surface area contributed by atoms with Crippen molar-refractivity contribution in [1.82, 2.24) is 10.2 Å². The van der Waals surface area contributed by atoms with Crippen LogP contribution in [0.15, 0.2) is 65.6 Å². The Bertz CT molecular complexity index is 1500. The molecule has 0 aliphatic carbocycles. The van der Waals surface area contributed by atoms with E-state index in [2.05, 4.69) is 5.32 Å². The number of hydrogen-bond acceptors (Lipinski definition) is 4. The highest BCUT2D eigenvalue weighted by Crippen LogP contribution is 2.28. The maximum absolute atomic E-state index is 14.2. The van der Waals surface area contributed by atoms with Crippen LogP contribution in [0.2, 0.25) is 10.0 Å². The van der Waals surface area contributed by atoms with Crippen LogP contribution in [0.1, 0.15) is 49.4 Å². The molecule has 0 unspecified atom stereocenters. The lowest BCUT2D eigenvalue weighted by Crippen LogP contribution is -2.52. The summed E-state index contributed by atoms with van der Waals surface area (Å²) in [7, 11) is -4.15. The first kappa shape index (κ1) is 33.4. The van der Waals surface area contributed by atoms with Crippen LogP contribution in [0.25, 0.3) is 0 Å². The molecule has 0 fully saturated rings. The van der Waals surface area contributed by atoms with E-state index in [0.29, 0.717) is 34.3 Å². The molecule has 3 rings (SSSR count). The Morgan fingerprint density at radius 1 is 0.857 bits per heavy atom. The van der Waals surface area contributed by atoms with Gasteiger partial charge in [0.25, 0.3) is 10.0 Å². The number of aryl methyl sites for hydroxylation is 3. The Morgan fingerprint density at radius 2 is 1.48 bits per heavy atom. The maximum atomic E-state index is 14.2. The molecular formula is C32H39Cl2N3O4S. The maximum Gasteiger partial charge on any atom is 0.264 e. The number of carbonyl (C=O) groups is 2. The van der Waals surface area contributed by atoms with Gasteiger partial charge in [-0.15, -0.1) is 0 Å². The number of anilines is 1. The van der Waals surface area contributed by atoms with Gasteiger partial charge < -0.3 is 10.2 Å². The highest BCUT2D eigenvalue weighted by atomic mass is 35.5. The van der Waals surface area contributed by atoms with Gasteiger partial charge in [0, 0.05) is 13.1 Å². The molecule has 0 heterocycles. The van der Waals surface area contributed by atoms with Crippen molar-refractivity contribution in [3.63, 3.8) is 0 Å². The Morgan fingerprint density at radius 3 is 2.02 bits per heavy atom. The first-order valence-electron chi connectivity index (χ1n) is 13.9. The van der Waals surface area contributed by atoms with Crippen LogP contribution in [0.5, 0.6) is 0 Å². The van der Waals surface area contributed by atoms with Gasteiger partial charge in [-0.2, -0.15) is 0 Å². The molecule has 0 radical (unpaired) electrons. The van der Waals surface area contributed by atoms with Gasteiger partial charge >= 0.3 is 0 Å². The van der Waals surface area contributed by atoms with Crippen molar-refractivity contribution < 1.29 is 18.0 Å². The molecule has 7 nitrogen and oxygen atoms in total. The predicted molar refractivity (Wildman–Crippen MR) is 171 cm³/mol. The van der Waals surface area contributed by atoms with E-state index in [1.807, 2.05) is 47.6 Å². The van der Waals surface area contributed by atoms with Crippen molar-refractivity contribution in [2.75, 3.05) is 17.4 Å². The summed E-state index contributed by atoms with van der Waals surface area (Å²) in [6.07, 6.45) is 0.325. The zero-order valence-corrected chi connectivity index (χ0v) is 27.3. The number of sulfonamides is 1. The van der Waals surface area contributed by atoms with E-state index in [-0.39, 0.29) is 23.3 Å². The fourth-order valence-corrected chi connectivity index (χ4v) is 6.36. The normalized spacial score (nSPS) is 12.2. The molecule has 0 spiro atoms. The van der Waals surface area contributed by atoms with Crippen LogP contribution in [0.3, 0.4) is 0 Å². The van der Waals surface area contributed by atoms with Gasteiger partial charge in [-0.1, -0.05) is 73.8 Å². The Labute approximate surface area is 259 Å². The van der Waals surface area contributed by atoms with Gasteiger partial charge in [0.2, 0.25) is 11.8 Å². The zero-order valence-electron chi connectivity index (χ0n) is 24.9. The molecule has 3 aromatic rings. The molecule has 0 saturated carbocycles. The summed E-state index contributed by atoms with van der Waals surface area (Å²) in [5, 5.41) is 3.61. The fraction of sp³-hybridized carbons (Fsp3) is 0.375. The highest BCUT2D eigenvalue weighted by molar-refractivity contribution is 7.92. The van der Waals surface area contributed by atoms with Gasteiger partial charge in [0.1, 0.15) is 12.6 Å². The average molecular weight is 633 g/mol. The summed E-state index contributed by atoms with van der Waals surface area (Å²) in [5.41, 5.74) is 3.65. The van der Waals surface area contributed by atoms with Gasteiger partial charge in [-0.25, -0.2) is 8.42 Å². The average Bonchev–Trinajstić information content (AvgIpc) is 2.91. The molecule has 0 aromatic heterocycles. The third-order valence-electron chi connectivity index (χ3n) is 6.79. The third kappa shape index (κ3) is 8.49. The quantitative estimate of drug-likeness (QED) is 0.241. The van der Waals surface area contributed by atoms with Crippen molar-refractivity contribution >= 4 is 50.7 Å². The number of benzene rings is 3. The summed E-state index contributed by atoms with van der Waals surface area (Å²) in [4.78, 5) is 29.0. The van der Waals surface area contributed by atoms with E-state index >= 15 is 0 Å². The Kier molecular flexibility index (Phi) is 11.5. The second-order valence-electron chi connectivity index (χ2n) is 11.0. The monoisotopic (exact) mass is 631 g/mol. The molecule has 0 aliphatic rings. The predicted octanol–water partition coefficient (Wildman–Crippen LogP) is 6.69. The molecule has 3 aromatic carbocycles. The molecule has 10 heteroatoms. The third-order valence-corrected chi connectivity index (χ3v) is 9.32. The van der Waals surface area contributed by atoms with E-state index in [1.54, 1.807) is 42.5 Å². The number of nitrogens with one attached hydrogen (secondary N) is 1. The lowest BCUT2D eigenvalue weighted by atomic mass is 10.1. The van der Waals surface area contributed by atoms with Crippen molar-refractivity contribution in [2.45, 2.75) is 65.4 Å². The first-order valence-corrected chi connectivity index (χ1v) is 16.1. The Hall–Kier alpha value is -3.07. The molecule has 226 valence electrons.